The molecule has 4 aromatic rings. The SMILES string of the molecule is Cc1cc2c(C(F)F)c(C)ccc2c(-c2ccc3c4c(ccnc24)CCO3)c1CC(=O)OCC(C)(C)O. The van der Waals surface area contributed by atoms with E-state index in [1.165, 1.54) is 0 Å². The van der Waals surface area contributed by atoms with Gasteiger partial charge in [0.05, 0.1) is 24.1 Å². The maximum absolute atomic E-state index is 14.2. The minimum Gasteiger partial charge on any atom is -0.493 e. The van der Waals surface area contributed by atoms with Crippen molar-refractivity contribution in [3.05, 3.63) is 70.4 Å². The zero-order valence-corrected chi connectivity index (χ0v) is 21.3. The van der Waals surface area contributed by atoms with Crippen LogP contribution in [0.3, 0.4) is 0 Å². The lowest BCUT2D eigenvalue weighted by atomic mass is 9.85. The van der Waals surface area contributed by atoms with Crippen LogP contribution in [0.25, 0.3) is 32.8 Å². The minimum absolute atomic E-state index is 0.0166. The predicted molar refractivity (Wildman–Crippen MR) is 139 cm³/mol. The minimum atomic E-state index is -2.65. The molecule has 5 nitrogen and oxygen atoms in total. The van der Waals surface area contributed by atoms with Gasteiger partial charge in [-0.1, -0.05) is 18.2 Å². The van der Waals surface area contributed by atoms with Crippen molar-refractivity contribution >= 4 is 27.6 Å². The number of rotatable bonds is 6. The van der Waals surface area contributed by atoms with Gasteiger partial charge in [-0.3, -0.25) is 9.78 Å². The van der Waals surface area contributed by atoms with Crippen LogP contribution in [0.2, 0.25) is 0 Å². The average molecular weight is 506 g/mol. The molecule has 7 heteroatoms. The molecular formula is C30H29F2NO4. The van der Waals surface area contributed by atoms with E-state index in [0.29, 0.717) is 45.1 Å². The Kier molecular flexibility index (Phi) is 6.36. The van der Waals surface area contributed by atoms with Gasteiger partial charge in [-0.15, -0.1) is 0 Å². The van der Waals surface area contributed by atoms with E-state index in [-0.39, 0.29) is 18.6 Å². The number of pyridine rings is 1. The molecule has 0 unspecified atom stereocenters. The molecule has 1 aliphatic heterocycles. The number of alkyl halides is 2. The van der Waals surface area contributed by atoms with Gasteiger partial charge >= 0.3 is 5.97 Å². The smallest absolute Gasteiger partial charge is 0.310 e. The first-order valence-corrected chi connectivity index (χ1v) is 12.3. The van der Waals surface area contributed by atoms with Gasteiger partial charge in [0.15, 0.2) is 0 Å². The Morgan fingerprint density at radius 3 is 2.65 bits per heavy atom. The summed E-state index contributed by atoms with van der Waals surface area (Å²) in [6, 6.07) is 11.0. The highest BCUT2D eigenvalue weighted by atomic mass is 19.3. The number of fused-ring (bicyclic) bond motifs is 1. The van der Waals surface area contributed by atoms with Gasteiger partial charge in [-0.25, -0.2) is 8.78 Å². The number of hydrogen-bond donors (Lipinski definition) is 1. The highest BCUT2D eigenvalue weighted by Crippen LogP contribution is 2.44. The molecule has 0 amide bonds. The quantitative estimate of drug-likeness (QED) is 0.307. The maximum Gasteiger partial charge on any atom is 0.310 e. The van der Waals surface area contributed by atoms with Crippen molar-refractivity contribution in [3.8, 4) is 16.9 Å². The first-order chi connectivity index (χ1) is 17.5. The van der Waals surface area contributed by atoms with Crippen molar-refractivity contribution in [2.45, 2.75) is 52.6 Å². The average Bonchev–Trinajstić information content (AvgIpc) is 2.83. The molecule has 192 valence electrons. The summed E-state index contributed by atoms with van der Waals surface area (Å²) in [6.07, 6.45) is -0.235. The number of ether oxygens (including phenoxy) is 2. The molecule has 0 bridgehead atoms. The summed E-state index contributed by atoms with van der Waals surface area (Å²) in [6.45, 7) is 7.05. The topological polar surface area (TPSA) is 68.7 Å². The predicted octanol–water partition coefficient (Wildman–Crippen LogP) is 6.40. The zero-order chi connectivity index (χ0) is 26.5. The van der Waals surface area contributed by atoms with Crippen LogP contribution in [0.1, 0.15) is 48.1 Å². The van der Waals surface area contributed by atoms with E-state index in [2.05, 4.69) is 4.98 Å². The van der Waals surface area contributed by atoms with Gasteiger partial charge in [-0.05, 0) is 84.5 Å². The number of halogens is 2. The van der Waals surface area contributed by atoms with Gasteiger partial charge in [-0.2, -0.15) is 0 Å². The fourth-order valence-corrected chi connectivity index (χ4v) is 5.16. The molecule has 37 heavy (non-hydrogen) atoms. The van der Waals surface area contributed by atoms with E-state index in [1.807, 2.05) is 31.2 Å². The molecule has 0 saturated carbocycles. The number of hydrogen-bond acceptors (Lipinski definition) is 5. The Bertz CT molecular complexity index is 1530. The van der Waals surface area contributed by atoms with Gasteiger partial charge in [0.2, 0.25) is 0 Å². The highest BCUT2D eigenvalue weighted by molar-refractivity contribution is 6.09. The summed E-state index contributed by atoms with van der Waals surface area (Å²) >= 11 is 0. The fourth-order valence-electron chi connectivity index (χ4n) is 5.16. The highest BCUT2D eigenvalue weighted by Gasteiger charge is 2.25. The number of benzene rings is 3. The molecule has 1 aromatic heterocycles. The second-order valence-corrected chi connectivity index (χ2v) is 10.3. The third kappa shape index (κ3) is 4.64. The monoisotopic (exact) mass is 505 g/mol. The number of aromatic nitrogens is 1. The lowest BCUT2D eigenvalue weighted by Gasteiger charge is -2.23. The summed E-state index contributed by atoms with van der Waals surface area (Å²) in [5.41, 5.74) is 3.94. The van der Waals surface area contributed by atoms with Crippen LogP contribution in [0, 0.1) is 13.8 Å². The number of esters is 1. The van der Waals surface area contributed by atoms with Crippen LogP contribution in [-0.4, -0.2) is 34.9 Å². The first kappa shape index (κ1) is 25.1. The Morgan fingerprint density at radius 1 is 1.14 bits per heavy atom. The number of nitrogens with zero attached hydrogens (tertiary/aromatic N) is 1. The molecule has 0 spiro atoms. The molecule has 3 aromatic carbocycles. The second-order valence-electron chi connectivity index (χ2n) is 10.3. The van der Waals surface area contributed by atoms with Crippen molar-refractivity contribution in [1.82, 2.24) is 4.98 Å². The molecular weight excluding hydrogens is 476 g/mol. The largest absolute Gasteiger partial charge is 0.493 e. The van der Waals surface area contributed by atoms with Gasteiger partial charge in [0, 0.05) is 29.1 Å². The number of carbonyl (C=O) groups is 1. The Hall–Kier alpha value is -3.58. The fraction of sp³-hybridized carbons (Fsp3) is 0.333. The van der Waals surface area contributed by atoms with E-state index >= 15 is 0 Å². The Balaban J connectivity index is 1.80. The molecule has 0 fully saturated rings. The van der Waals surface area contributed by atoms with Crippen molar-refractivity contribution in [2.24, 2.45) is 0 Å². The van der Waals surface area contributed by atoms with E-state index in [1.54, 1.807) is 39.1 Å². The van der Waals surface area contributed by atoms with Crippen molar-refractivity contribution < 1.29 is 28.2 Å². The molecule has 5 rings (SSSR count). The third-order valence-corrected chi connectivity index (χ3v) is 6.88. The van der Waals surface area contributed by atoms with Gasteiger partial charge in [0.1, 0.15) is 12.4 Å². The van der Waals surface area contributed by atoms with Gasteiger partial charge < -0.3 is 14.6 Å². The summed E-state index contributed by atoms with van der Waals surface area (Å²) in [7, 11) is 0. The maximum atomic E-state index is 14.2. The molecule has 0 aliphatic carbocycles. The van der Waals surface area contributed by atoms with Crippen molar-refractivity contribution in [1.29, 1.82) is 0 Å². The van der Waals surface area contributed by atoms with Crippen LogP contribution in [0.4, 0.5) is 8.78 Å². The van der Waals surface area contributed by atoms with Crippen LogP contribution in [-0.2, 0) is 22.4 Å². The summed E-state index contributed by atoms with van der Waals surface area (Å²) in [5, 5.41) is 12.0. The van der Waals surface area contributed by atoms with E-state index in [4.69, 9.17) is 9.47 Å². The second kappa shape index (κ2) is 9.38. The van der Waals surface area contributed by atoms with Crippen LogP contribution in [0.15, 0.2) is 42.6 Å². The Labute approximate surface area is 214 Å². The van der Waals surface area contributed by atoms with Crippen LogP contribution in [0.5, 0.6) is 5.75 Å². The normalized spacial score (nSPS) is 13.3. The van der Waals surface area contributed by atoms with Crippen LogP contribution < -0.4 is 4.74 Å². The van der Waals surface area contributed by atoms with Crippen molar-refractivity contribution in [3.63, 3.8) is 0 Å². The molecule has 1 aliphatic rings. The van der Waals surface area contributed by atoms with Crippen LogP contribution >= 0.6 is 0 Å². The molecule has 0 radical (unpaired) electrons. The van der Waals surface area contributed by atoms with E-state index in [9.17, 15) is 18.7 Å². The van der Waals surface area contributed by atoms with E-state index < -0.39 is 18.0 Å². The standard InChI is InChI=1S/C30H29F2NO4/c1-16-5-6-19-22(25(16)29(31)32)13-17(2)21(14-24(34)37-15-30(3,4)35)27(19)20-7-8-23-26-18(10-12-36-23)9-11-33-28(20)26/h5-9,11,13,29,35H,10,12,14-15H2,1-4H3. The lowest BCUT2D eigenvalue weighted by Crippen LogP contribution is -2.28. The van der Waals surface area contributed by atoms with Crippen molar-refractivity contribution in [2.75, 3.05) is 13.2 Å². The lowest BCUT2D eigenvalue weighted by molar-refractivity contribution is -0.149. The van der Waals surface area contributed by atoms with Gasteiger partial charge in [0.25, 0.3) is 6.43 Å². The summed E-state index contributed by atoms with van der Waals surface area (Å²) in [5.74, 6) is 0.228. The van der Waals surface area contributed by atoms with E-state index in [0.717, 1.165) is 28.7 Å². The number of aryl methyl sites for hydroxylation is 2. The molecule has 2 heterocycles. The third-order valence-electron chi connectivity index (χ3n) is 6.88. The molecule has 0 atom stereocenters. The summed E-state index contributed by atoms with van der Waals surface area (Å²) < 4.78 is 39.7. The Morgan fingerprint density at radius 2 is 1.92 bits per heavy atom. The molecule has 1 N–H and O–H groups in total. The molecule has 0 saturated heterocycles. The first-order valence-electron chi connectivity index (χ1n) is 12.3. The summed E-state index contributed by atoms with van der Waals surface area (Å²) in [4.78, 5) is 17.6. The zero-order valence-electron chi connectivity index (χ0n) is 21.3. The number of aliphatic hydroxyl groups is 1. The number of carbonyl (C=O) groups excluding carboxylic acids is 1.